The number of anilines is 1. The van der Waals surface area contributed by atoms with E-state index in [1.807, 2.05) is 5.06 Å². The SMILES string of the molecule is CC(C)[Si](OC[C@@H]1C2Cc3ncnc(N(C)Cc4ccccc4)c3C=C2CON1C)(C(C)C)C(C)C. The average Bonchev–Trinajstić information content (AvgIpc) is 2.84. The zero-order valence-corrected chi connectivity index (χ0v) is 24.4. The molecule has 0 N–H and O–H groups in total. The molecule has 7 heteroatoms. The Kier molecular flexibility index (Phi) is 8.34. The van der Waals surface area contributed by atoms with E-state index in [1.54, 1.807) is 6.33 Å². The fourth-order valence-electron chi connectivity index (χ4n) is 6.61. The van der Waals surface area contributed by atoms with Crippen LogP contribution in [0.3, 0.4) is 0 Å². The highest BCUT2D eigenvalue weighted by molar-refractivity contribution is 6.77. The van der Waals surface area contributed by atoms with Crippen LogP contribution in [0.15, 0.2) is 42.2 Å². The number of nitrogens with zero attached hydrogens (tertiary/aromatic N) is 4. The van der Waals surface area contributed by atoms with Crippen LogP contribution >= 0.6 is 0 Å². The van der Waals surface area contributed by atoms with Crippen molar-refractivity contribution >= 4 is 20.2 Å². The van der Waals surface area contributed by atoms with Gasteiger partial charge in [-0.1, -0.05) is 71.9 Å². The summed E-state index contributed by atoms with van der Waals surface area (Å²) in [4.78, 5) is 17.8. The maximum Gasteiger partial charge on any atom is 0.200 e. The van der Waals surface area contributed by atoms with Crippen molar-refractivity contribution in [2.45, 2.75) is 77.2 Å². The van der Waals surface area contributed by atoms with Crippen LogP contribution in [-0.4, -0.2) is 56.7 Å². The minimum atomic E-state index is -1.96. The fraction of sp³-hybridized carbons (Fsp3) is 0.586. The van der Waals surface area contributed by atoms with Gasteiger partial charge in [0.2, 0.25) is 0 Å². The predicted octanol–water partition coefficient (Wildman–Crippen LogP) is 6.11. The lowest BCUT2D eigenvalue weighted by atomic mass is 9.81. The molecule has 4 rings (SSSR count). The molecule has 1 unspecified atom stereocenters. The maximum absolute atomic E-state index is 7.04. The van der Waals surface area contributed by atoms with Gasteiger partial charge in [0, 0.05) is 32.1 Å². The molecule has 2 aromatic rings. The molecule has 2 heterocycles. The Hall–Kier alpha value is -2.06. The monoisotopic (exact) mass is 508 g/mol. The third-order valence-electron chi connectivity index (χ3n) is 8.37. The van der Waals surface area contributed by atoms with Crippen molar-refractivity contribution in [1.29, 1.82) is 0 Å². The number of likely N-dealkylation sites (N-methyl/N-ethyl adjacent to an activating group) is 1. The van der Waals surface area contributed by atoms with Crippen LogP contribution in [0, 0.1) is 5.92 Å². The van der Waals surface area contributed by atoms with Gasteiger partial charge in [0.1, 0.15) is 12.1 Å². The number of hydrogen-bond acceptors (Lipinski definition) is 6. The summed E-state index contributed by atoms with van der Waals surface area (Å²) in [5.74, 6) is 1.31. The highest BCUT2D eigenvalue weighted by atomic mass is 28.4. The van der Waals surface area contributed by atoms with Crippen LogP contribution in [0.5, 0.6) is 0 Å². The van der Waals surface area contributed by atoms with E-state index < -0.39 is 8.32 Å². The first-order valence-corrected chi connectivity index (χ1v) is 15.6. The molecule has 2 atom stereocenters. The van der Waals surface area contributed by atoms with Gasteiger partial charge in [0.05, 0.1) is 24.9 Å². The van der Waals surface area contributed by atoms with Crippen molar-refractivity contribution in [3.63, 3.8) is 0 Å². The third-order valence-corrected chi connectivity index (χ3v) is 14.4. The Morgan fingerprint density at radius 3 is 2.36 bits per heavy atom. The summed E-state index contributed by atoms with van der Waals surface area (Å²) < 4.78 is 7.04. The Bertz CT molecular complexity index is 1030. The number of hydroxylamine groups is 2. The summed E-state index contributed by atoms with van der Waals surface area (Å²) in [6.45, 7) is 16.2. The van der Waals surface area contributed by atoms with Gasteiger partial charge in [-0.3, -0.25) is 4.84 Å². The van der Waals surface area contributed by atoms with Gasteiger partial charge < -0.3 is 9.33 Å². The molecule has 0 amide bonds. The van der Waals surface area contributed by atoms with Crippen molar-refractivity contribution in [2.75, 3.05) is 32.2 Å². The van der Waals surface area contributed by atoms with Crippen molar-refractivity contribution in [3.8, 4) is 0 Å². The summed E-state index contributed by atoms with van der Waals surface area (Å²) >= 11 is 0. The summed E-state index contributed by atoms with van der Waals surface area (Å²) in [5.41, 5.74) is 6.52. The van der Waals surface area contributed by atoms with Crippen molar-refractivity contribution in [2.24, 2.45) is 5.92 Å². The van der Waals surface area contributed by atoms with Crippen LogP contribution in [0.4, 0.5) is 5.82 Å². The van der Waals surface area contributed by atoms with Crippen LogP contribution in [-0.2, 0) is 22.2 Å². The lowest BCUT2D eigenvalue weighted by Gasteiger charge is -2.46. The van der Waals surface area contributed by atoms with Gasteiger partial charge in [0.25, 0.3) is 0 Å². The number of rotatable bonds is 9. The van der Waals surface area contributed by atoms with Crippen molar-refractivity contribution in [3.05, 3.63) is 59.1 Å². The first kappa shape index (κ1) is 27.0. The van der Waals surface area contributed by atoms with E-state index in [2.05, 4.69) is 102 Å². The Labute approximate surface area is 218 Å². The van der Waals surface area contributed by atoms with Gasteiger partial charge in [-0.05, 0) is 40.3 Å². The van der Waals surface area contributed by atoms with E-state index in [9.17, 15) is 0 Å². The van der Waals surface area contributed by atoms with Crippen LogP contribution in [0.2, 0.25) is 16.6 Å². The molecule has 1 aliphatic heterocycles. The van der Waals surface area contributed by atoms with E-state index in [0.29, 0.717) is 35.8 Å². The topological polar surface area (TPSA) is 50.7 Å². The molecule has 1 aliphatic carbocycles. The highest BCUT2D eigenvalue weighted by Gasteiger charge is 2.47. The van der Waals surface area contributed by atoms with Gasteiger partial charge in [-0.15, -0.1) is 0 Å². The summed E-state index contributed by atoms with van der Waals surface area (Å²) in [6.07, 6.45) is 4.90. The summed E-state index contributed by atoms with van der Waals surface area (Å²) in [6, 6.07) is 10.7. The van der Waals surface area contributed by atoms with Gasteiger partial charge >= 0.3 is 0 Å². The van der Waals surface area contributed by atoms with E-state index in [0.717, 1.165) is 30.0 Å². The normalized spacial score (nSPS) is 20.5. The Balaban J connectivity index is 1.58. The molecular weight excluding hydrogens is 464 g/mol. The standard InChI is InChI=1S/C29H44N4O2Si/c1-20(2)36(21(3)4,22(5)6)35-18-28-25-15-27-26(14-24(25)17-34-33(28)8)29(31-19-30-27)32(7)16-23-12-10-9-11-13-23/h9-14,19-22,25,28H,15-18H2,1-8H3/t25?,28-/m1/s1. The number of hydrogen-bond donors (Lipinski definition) is 0. The first-order chi connectivity index (χ1) is 17.1. The number of fused-ring (bicyclic) bond motifs is 2. The van der Waals surface area contributed by atoms with E-state index in [-0.39, 0.29) is 6.04 Å². The molecule has 0 bridgehead atoms. The minimum Gasteiger partial charge on any atom is -0.414 e. The van der Waals surface area contributed by atoms with Gasteiger partial charge in [-0.2, -0.15) is 5.06 Å². The molecule has 1 saturated heterocycles. The molecule has 196 valence electrons. The van der Waals surface area contributed by atoms with Crippen LogP contribution in [0.25, 0.3) is 6.08 Å². The molecule has 1 aromatic heterocycles. The third kappa shape index (κ3) is 5.16. The van der Waals surface area contributed by atoms with E-state index >= 15 is 0 Å². The first-order valence-electron chi connectivity index (χ1n) is 13.4. The molecule has 2 aliphatic rings. The average molecular weight is 509 g/mol. The molecule has 1 aromatic carbocycles. The van der Waals surface area contributed by atoms with Gasteiger partial charge in [-0.25, -0.2) is 9.97 Å². The van der Waals surface area contributed by atoms with E-state index in [4.69, 9.17) is 14.2 Å². The summed E-state index contributed by atoms with van der Waals surface area (Å²) in [5, 5.41) is 2.04. The lowest BCUT2D eigenvalue weighted by Crippen LogP contribution is -2.54. The zero-order chi connectivity index (χ0) is 26.0. The molecule has 36 heavy (non-hydrogen) atoms. The zero-order valence-electron chi connectivity index (χ0n) is 23.4. The second-order valence-corrected chi connectivity index (χ2v) is 16.9. The lowest BCUT2D eigenvalue weighted by molar-refractivity contribution is -0.197. The molecule has 0 spiro atoms. The molecule has 1 fully saturated rings. The Morgan fingerprint density at radius 1 is 1.06 bits per heavy atom. The van der Waals surface area contributed by atoms with Crippen molar-refractivity contribution in [1.82, 2.24) is 15.0 Å². The minimum absolute atomic E-state index is 0.168. The van der Waals surface area contributed by atoms with Crippen LogP contribution in [0.1, 0.15) is 58.4 Å². The molecule has 6 nitrogen and oxygen atoms in total. The second-order valence-electron chi connectivity index (χ2n) is 11.4. The predicted molar refractivity (Wildman–Crippen MR) is 150 cm³/mol. The van der Waals surface area contributed by atoms with Crippen molar-refractivity contribution < 1.29 is 9.26 Å². The number of benzene rings is 1. The highest BCUT2D eigenvalue weighted by Crippen LogP contribution is 2.44. The van der Waals surface area contributed by atoms with Crippen LogP contribution < -0.4 is 4.90 Å². The summed E-state index contributed by atoms with van der Waals surface area (Å²) in [7, 11) is 2.20. The fourth-order valence-corrected chi connectivity index (χ4v) is 12.1. The second kappa shape index (κ2) is 11.1. The molecule has 0 saturated carbocycles. The molecular formula is C29H44N4O2Si. The largest absolute Gasteiger partial charge is 0.414 e. The smallest absolute Gasteiger partial charge is 0.200 e. The maximum atomic E-state index is 7.04. The van der Waals surface area contributed by atoms with Gasteiger partial charge in [0.15, 0.2) is 8.32 Å². The van der Waals surface area contributed by atoms with E-state index in [1.165, 1.54) is 11.1 Å². The molecule has 0 radical (unpaired) electrons. The number of aromatic nitrogens is 2. The Morgan fingerprint density at radius 2 is 1.72 bits per heavy atom. The quantitative estimate of drug-likeness (QED) is 0.381.